The van der Waals surface area contributed by atoms with E-state index < -0.39 is 0 Å². The highest BCUT2D eigenvalue weighted by Gasteiger charge is 2.19. The lowest BCUT2D eigenvalue weighted by atomic mass is 9.84. The summed E-state index contributed by atoms with van der Waals surface area (Å²) in [7, 11) is 0. The zero-order valence-electron chi connectivity index (χ0n) is 30.5. The number of hydrogen-bond acceptors (Lipinski definition) is 3. The molecule has 9 aromatic rings. The molecule has 1 unspecified atom stereocenters. The fourth-order valence-corrected chi connectivity index (χ4v) is 8.12. The van der Waals surface area contributed by atoms with Crippen molar-refractivity contribution >= 4 is 37.9 Å². The molecule has 10 rings (SSSR count). The first-order chi connectivity index (χ1) is 27.2. The van der Waals surface area contributed by atoms with E-state index in [1.165, 1.54) is 49.0 Å². The smallest absolute Gasteiger partial charge is 0.160 e. The molecule has 1 aliphatic rings. The molecule has 0 N–H and O–H groups in total. The average molecular weight is 704 g/mol. The maximum absolute atomic E-state index is 5.18. The molecule has 0 spiro atoms. The largest absolute Gasteiger partial charge is 0.264 e. The van der Waals surface area contributed by atoms with Crippen molar-refractivity contribution in [2.45, 2.75) is 13.3 Å². The Morgan fingerprint density at radius 3 is 1.76 bits per heavy atom. The van der Waals surface area contributed by atoms with Crippen molar-refractivity contribution < 1.29 is 0 Å². The van der Waals surface area contributed by atoms with Crippen LogP contribution in [0.4, 0.5) is 0 Å². The Kier molecular flexibility index (Phi) is 8.18. The van der Waals surface area contributed by atoms with Gasteiger partial charge < -0.3 is 0 Å². The van der Waals surface area contributed by atoms with Crippen LogP contribution >= 0.6 is 0 Å². The molecule has 0 bridgehead atoms. The molecule has 0 saturated heterocycles. The van der Waals surface area contributed by atoms with E-state index in [2.05, 4.69) is 182 Å². The van der Waals surface area contributed by atoms with Crippen molar-refractivity contribution in [2.75, 3.05) is 0 Å². The summed E-state index contributed by atoms with van der Waals surface area (Å²) in [5, 5.41) is 7.46. The Balaban J connectivity index is 1.10. The number of pyridine rings is 1. The molecule has 3 nitrogen and oxygen atoms in total. The second-order valence-electron chi connectivity index (χ2n) is 14.5. The first kappa shape index (κ1) is 32.7. The summed E-state index contributed by atoms with van der Waals surface area (Å²) >= 11 is 0. The molecule has 1 aliphatic carbocycles. The van der Waals surface area contributed by atoms with Crippen LogP contribution in [0.15, 0.2) is 188 Å². The fourth-order valence-electron chi connectivity index (χ4n) is 8.12. The number of aromatic nitrogens is 3. The van der Waals surface area contributed by atoms with Crippen molar-refractivity contribution in [1.82, 2.24) is 15.0 Å². The van der Waals surface area contributed by atoms with Crippen LogP contribution in [-0.2, 0) is 0 Å². The second kappa shape index (κ2) is 13.8. The third kappa shape index (κ3) is 6.00. The van der Waals surface area contributed by atoms with Crippen LogP contribution in [-0.4, -0.2) is 15.0 Å². The van der Waals surface area contributed by atoms with Gasteiger partial charge >= 0.3 is 0 Å². The zero-order chi connectivity index (χ0) is 36.7. The highest BCUT2D eigenvalue weighted by atomic mass is 14.9. The van der Waals surface area contributed by atoms with Crippen LogP contribution in [0, 0.1) is 5.92 Å². The van der Waals surface area contributed by atoms with E-state index in [0.717, 1.165) is 51.2 Å². The van der Waals surface area contributed by atoms with Crippen LogP contribution in [0.25, 0.3) is 93.9 Å². The van der Waals surface area contributed by atoms with Gasteiger partial charge in [0.05, 0.1) is 11.4 Å². The van der Waals surface area contributed by atoms with E-state index >= 15 is 0 Å². The van der Waals surface area contributed by atoms with Crippen LogP contribution in [0.1, 0.15) is 19.0 Å². The third-order valence-corrected chi connectivity index (χ3v) is 10.9. The lowest BCUT2D eigenvalue weighted by molar-refractivity contribution is 0.738. The minimum absolute atomic E-state index is 0.519. The molecule has 0 saturated carbocycles. The van der Waals surface area contributed by atoms with Gasteiger partial charge in [0.1, 0.15) is 0 Å². The molecule has 260 valence electrons. The normalized spacial score (nSPS) is 14.1. The van der Waals surface area contributed by atoms with Crippen LogP contribution in [0.3, 0.4) is 0 Å². The van der Waals surface area contributed by atoms with Crippen molar-refractivity contribution in [3.8, 4) is 56.0 Å². The Morgan fingerprint density at radius 2 is 1.09 bits per heavy atom. The van der Waals surface area contributed by atoms with Crippen LogP contribution in [0.5, 0.6) is 0 Å². The first-order valence-electron chi connectivity index (χ1n) is 19.0. The van der Waals surface area contributed by atoms with Crippen molar-refractivity contribution in [2.24, 2.45) is 5.92 Å². The maximum atomic E-state index is 5.18. The average Bonchev–Trinajstić information content (AvgIpc) is 3.26. The van der Waals surface area contributed by atoms with E-state index in [9.17, 15) is 0 Å². The number of fused-ring (bicyclic) bond motifs is 3. The number of nitrogens with zero attached hydrogens (tertiary/aromatic N) is 3. The highest BCUT2D eigenvalue weighted by Crippen LogP contribution is 2.45. The molecular weight excluding hydrogens is 667 g/mol. The SMILES string of the molecule is CC1C=CC(c2cc(-c3ccc(-c4cccnc4)cc3)nc(-c3ccc(-c4c5ccccc5c(-c5cccc6ccccc56)c5ccccc45)cc3)n2)=CC1. The standard InChI is InChI=1S/C52H37N3/c1-34-19-21-37(22-20-34)48-32-49(38-25-23-35(24-26-38)41-12-9-31-53-33-41)55-52(54-48)40-29-27-39(28-30-40)50-44-14-4-6-16-46(44)51(47-17-7-5-15-45(47)50)43-18-8-11-36-10-2-3-13-42(36)43/h2-19,21-34H,20H2,1H3. The number of allylic oxidation sites excluding steroid dienone is 4. The maximum Gasteiger partial charge on any atom is 0.160 e. The van der Waals surface area contributed by atoms with Gasteiger partial charge in [0.2, 0.25) is 0 Å². The molecule has 1 atom stereocenters. The molecule has 0 aliphatic heterocycles. The van der Waals surface area contributed by atoms with Crippen molar-refractivity contribution in [3.05, 3.63) is 194 Å². The van der Waals surface area contributed by atoms with E-state index in [0.29, 0.717) is 11.7 Å². The lowest BCUT2D eigenvalue weighted by Gasteiger charge is -2.19. The van der Waals surface area contributed by atoms with Crippen LogP contribution in [0.2, 0.25) is 0 Å². The fraction of sp³-hybridized carbons (Fsp3) is 0.0577. The topological polar surface area (TPSA) is 38.7 Å². The number of rotatable bonds is 6. The molecule has 2 heterocycles. The first-order valence-corrected chi connectivity index (χ1v) is 19.0. The predicted octanol–water partition coefficient (Wildman–Crippen LogP) is 13.6. The zero-order valence-corrected chi connectivity index (χ0v) is 30.5. The van der Waals surface area contributed by atoms with Gasteiger partial charge in [-0.25, -0.2) is 9.97 Å². The summed E-state index contributed by atoms with van der Waals surface area (Å²) in [6, 6.07) is 56.6. The van der Waals surface area contributed by atoms with Gasteiger partial charge in [0.15, 0.2) is 5.82 Å². The summed E-state index contributed by atoms with van der Waals surface area (Å²) in [4.78, 5) is 14.7. The minimum Gasteiger partial charge on any atom is -0.264 e. The highest BCUT2D eigenvalue weighted by molar-refractivity contribution is 6.23. The predicted molar refractivity (Wildman–Crippen MR) is 230 cm³/mol. The molecular formula is C52H37N3. The summed E-state index contributed by atoms with van der Waals surface area (Å²) in [6.07, 6.45) is 11.5. The minimum atomic E-state index is 0.519. The molecule has 2 aromatic heterocycles. The summed E-state index contributed by atoms with van der Waals surface area (Å²) < 4.78 is 0. The van der Waals surface area contributed by atoms with Crippen molar-refractivity contribution in [3.63, 3.8) is 0 Å². The third-order valence-electron chi connectivity index (χ3n) is 10.9. The van der Waals surface area contributed by atoms with Crippen molar-refractivity contribution in [1.29, 1.82) is 0 Å². The summed E-state index contributed by atoms with van der Waals surface area (Å²) in [5.41, 5.74) is 12.1. The summed E-state index contributed by atoms with van der Waals surface area (Å²) in [6.45, 7) is 2.25. The lowest BCUT2D eigenvalue weighted by Crippen LogP contribution is -2.00. The van der Waals surface area contributed by atoms with Crippen LogP contribution < -0.4 is 0 Å². The molecule has 55 heavy (non-hydrogen) atoms. The van der Waals surface area contributed by atoms with Gasteiger partial charge in [-0.1, -0.05) is 171 Å². The molecule has 7 aromatic carbocycles. The molecule has 0 radical (unpaired) electrons. The van der Waals surface area contributed by atoms with Gasteiger partial charge in [-0.3, -0.25) is 4.98 Å². The number of benzene rings is 7. The Bertz CT molecular complexity index is 2880. The Hall–Kier alpha value is -6.97. The number of hydrogen-bond donors (Lipinski definition) is 0. The van der Waals surface area contributed by atoms with E-state index in [1.54, 1.807) is 6.20 Å². The molecule has 0 amide bonds. The Morgan fingerprint density at radius 1 is 0.491 bits per heavy atom. The van der Waals surface area contributed by atoms with Gasteiger partial charge in [-0.15, -0.1) is 0 Å². The Labute approximate surface area is 321 Å². The van der Waals surface area contributed by atoms with E-state index in [4.69, 9.17) is 9.97 Å². The van der Waals surface area contributed by atoms with Gasteiger partial charge in [0.25, 0.3) is 0 Å². The molecule has 3 heteroatoms. The monoisotopic (exact) mass is 703 g/mol. The van der Waals surface area contributed by atoms with Gasteiger partial charge in [0, 0.05) is 23.5 Å². The second-order valence-corrected chi connectivity index (χ2v) is 14.5. The van der Waals surface area contributed by atoms with Gasteiger partial charge in [-0.2, -0.15) is 0 Å². The summed E-state index contributed by atoms with van der Waals surface area (Å²) in [5.74, 6) is 1.23. The van der Waals surface area contributed by atoms with Gasteiger partial charge in [-0.05, 0) is 95.7 Å². The quantitative estimate of drug-likeness (QED) is 0.162. The van der Waals surface area contributed by atoms with E-state index in [1.807, 2.05) is 12.3 Å². The molecule has 0 fully saturated rings. The van der Waals surface area contributed by atoms with E-state index in [-0.39, 0.29) is 0 Å².